The standard InChI is InChI=1S/C11H21NO4S/c1-3-5-7-16-11(15)12-9(10(13)14)6-8-17-4-2/h9H,3-8H2,1-2H3,(H,12,15)(H,13,14). The minimum absolute atomic E-state index is 0.332. The Bertz CT molecular complexity index is 236. The molecule has 0 heterocycles. The number of carbonyl (C=O) groups excluding carboxylic acids is 1. The van der Waals surface area contributed by atoms with E-state index >= 15 is 0 Å². The highest BCUT2D eigenvalue weighted by Gasteiger charge is 2.19. The zero-order chi connectivity index (χ0) is 13.1. The van der Waals surface area contributed by atoms with Gasteiger partial charge in [0.05, 0.1) is 6.61 Å². The third-order valence-corrected chi connectivity index (χ3v) is 3.01. The molecule has 0 rings (SSSR count). The van der Waals surface area contributed by atoms with Crippen LogP contribution in [-0.2, 0) is 9.53 Å². The molecule has 0 aromatic rings. The maximum absolute atomic E-state index is 11.3. The van der Waals surface area contributed by atoms with Crippen LogP contribution in [0.25, 0.3) is 0 Å². The molecule has 100 valence electrons. The molecule has 2 N–H and O–H groups in total. The third kappa shape index (κ3) is 8.85. The molecule has 0 spiro atoms. The van der Waals surface area contributed by atoms with Crippen molar-refractivity contribution >= 4 is 23.8 Å². The molecule has 0 aliphatic rings. The van der Waals surface area contributed by atoms with E-state index in [2.05, 4.69) is 5.32 Å². The average molecular weight is 263 g/mol. The number of alkyl carbamates (subject to hydrolysis) is 1. The van der Waals surface area contributed by atoms with Crippen LogP contribution in [0.3, 0.4) is 0 Å². The van der Waals surface area contributed by atoms with Crippen LogP contribution in [0.15, 0.2) is 0 Å². The first kappa shape index (κ1) is 16.1. The Hall–Kier alpha value is -0.910. The SMILES string of the molecule is CCCCOC(=O)NC(CCSCC)C(=O)O. The fourth-order valence-electron chi connectivity index (χ4n) is 1.10. The molecule has 17 heavy (non-hydrogen) atoms. The van der Waals surface area contributed by atoms with Crippen molar-refractivity contribution in [2.24, 2.45) is 0 Å². The Morgan fingerprint density at radius 3 is 2.65 bits per heavy atom. The van der Waals surface area contributed by atoms with E-state index in [1.54, 1.807) is 11.8 Å². The Labute approximate surface area is 106 Å². The van der Waals surface area contributed by atoms with Gasteiger partial charge in [-0.25, -0.2) is 9.59 Å². The monoisotopic (exact) mass is 263 g/mol. The molecule has 0 aromatic carbocycles. The summed E-state index contributed by atoms with van der Waals surface area (Å²) in [6.07, 6.45) is 1.49. The lowest BCUT2D eigenvalue weighted by Crippen LogP contribution is -2.41. The van der Waals surface area contributed by atoms with Crippen molar-refractivity contribution in [3.8, 4) is 0 Å². The summed E-state index contributed by atoms with van der Waals surface area (Å²) in [5.41, 5.74) is 0. The molecule has 5 nitrogen and oxygen atoms in total. The van der Waals surface area contributed by atoms with Crippen molar-refractivity contribution in [2.75, 3.05) is 18.1 Å². The lowest BCUT2D eigenvalue weighted by Gasteiger charge is -2.14. The second kappa shape index (κ2) is 10.3. The molecule has 0 saturated heterocycles. The first-order valence-corrected chi connectivity index (χ1v) is 7.01. The highest BCUT2D eigenvalue weighted by Crippen LogP contribution is 2.04. The predicted octanol–water partition coefficient (Wildman–Crippen LogP) is 2.11. The Morgan fingerprint density at radius 1 is 1.41 bits per heavy atom. The van der Waals surface area contributed by atoms with E-state index in [9.17, 15) is 9.59 Å². The summed E-state index contributed by atoms with van der Waals surface area (Å²) in [4.78, 5) is 22.1. The van der Waals surface area contributed by atoms with Crippen LogP contribution < -0.4 is 5.32 Å². The summed E-state index contributed by atoms with van der Waals surface area (Å²) in [7, 11) is 0. The van der Waals surface area contributed by atoms with Crippen LogP contribution in [0.1, 0.15) is 33.1 Å². The van der Waals surface area contributed by atoms with Crippen molar-refractivity contribution in [2.45, 2.75) is 39.2 Å². The second-order valence-electron chi connectivity index (χ2n) is 3.51. The molecule has 1 amide bonds. The lowest BCUT2D eigenvalue weighted by molar-refractivity contribution is -0.139. The van der Waals surface area contributed by atoms with Crippen molar-refractivity contribution < 1.29 is 19.4 Å². The molecule has 0 aliphatic heterocycles. The van der Waals surface area contributed by atoms with Gasteiger partial charge in [0, 0.05) is 0 Å². The Morgan fingerprint density at radius 2 is 2.12 bits per heavy atom. The number of ether oxygens (including phenoxy) is 1. The average Bonchev–Trinajstić information content (AvgIpc) is 2.28. The van der Waals surface area contributed by atoms with E-state index in [1.165, 1.54) is 0 Å². The molecule has 0 aromatic heterocycles. The minimum atomic E-state index is -1.02. The number of amides is 1. The Kier molecular flexibility index (Phi) is 9.71. The summed E-state index contributed by atoms with van der Waals surface area (Å²) in [5, 5.41) is 11.3. The number of aliphatic carboxylic acids is 1. The third-order valence-electron chi connectivity index (χ3n) is 2.08. The van der Waals surface area contributed by atoms with Crippen LogP contribution in [0.5, 0.6) is 0 Å². The molecule has 0 saturated carbocycles. The summed E-state index contributed by atoms with van der Waals surface area (Å²) in [6.45, 7) is 4.33. The number of hydrogen-bond donors (Lipinski definition) is 2. The molecule has 0 aliphatic carbocycles. The van der Waals surface area contributed by atoms with Crippen LogP contribution in [0, 0.1) is 0 Å². The fraction of sp³-hybridized carbons (Fsp3) is 0.818. The largest absolute Gasteiger partial charge is 0.480 e. The summed E-state index contributed by atoms with van der Waals surface area (Å²) in [6, 6.07) is -0.858. The molecule has 1 unspecified atom stereocenters. The van der Waals surface area contributed by atoms with Crippen LogP contribution >= 0.6 is 11.8 Å². The van der Waals surface area contributed by atoms with E-state index in [0.717, 1.165) is 18.6 Å². The smallest absolute Gasteiger partial charge is 0.407 e. The molecule has 1 atom stereocenters. The number of hydrogen-bond acceptors (Lipinski definition) is 4. The number of rotatable bonds is 9. The normalized spacial score (nSPS) is 11.9. The summed E-state index contributed by atoms with van der Waals surface area (Å²) < 4.78 is 4.85. The topological polar surface area (TPSA) is 75.6 Å². The van der Waals surface area contributed by atoms with Crippen LogP contribution in [0.2, 0.25) is 0 Å². The predicted molar refractivity (Wildman–Crippen MR) is 68.4 cm³/mol. The Balaban J connectivity index is 3.89. The molecule has 0 fully saturated rings. The first-order valence-electron chi connectivity index (χ1n) is 5.85. The van der Waals surface area contributed by atoms with Gasteiger partial charge in [-0.1, -0.05) is 20.3 Å². The van der Waals surface area contributed by atoms with E-state index < -0.39 is 18.1 Å². The van der Waals surface area contributed by atoms with E-state index in [1.807, 2.05) is 13.8 Å². The van der Waals surface area contributed by atoms with Gasteiger partial charge in [-0.15, -0.1) is 0 Å². The highest BCUT2D eigenvalue weighted by molar-refractivity contribution is 7.99. The number of nitrogens with one attached hydrogen (secondary N) is 1. The number of thioether (sulfide) groups is 1. The number of carbonyl (C=O) groups is 2. The maximum atomic E-state index is 11.3. The van der Waals surface area contributed by atoms with Crippen LogP contribution in [-0.4, -0.2) is 41.3 Å². The highest BCUT2D eigenvalue weighted by atomic mass is 32.2. The van der Waals surface area contributed by atoms with Gasteiger partial charge in [-0.2, -0.15) is 11.8 Å². The molecular formula is C11H21NO4S. The van der Waals surface area contributed by atoms with Crippen molar-refractivity contribution in [3.05, 3.63) is 0 Å². The van der Waals surface area contributed by atoms with Gasteiger partial charge in [0.25, 0.3) is 0 Å². The van der Waals surface area contributed by atoms with Crippen LogP contribution in [0.4, 0.5) is 4.79 Å². The van der Waals surface area contributed by atoms with Gasteiger partial charge in [0.2, 0.25) is 0 Å². The quantitative estimate of drug-likeness (QED) is 0.623. The van der Waals surface area contributed by atoms with Gasteiger partial charge < -0.3 is 15.2 Å². The molecule has 6 heteroatoms. The maximum Gasteiger partial charge on any atom is 0.407 e. The minimum Gasteiger partial charge on any atom is -0.480 e. The number of unbranched alkanes of at least 4 members (excludes halogenated alkanes) is 1. The van der Waals surface area contributed by atoms with Gasteiger partial charge >= 0.3 is 12.1 Å². The molecular weight excluding hydrogens is 242 g/mol. The molecule has 0 bridgehead atoms. The zero-order valence-corrected chi connectivity index (χ0v) is 11.2. The van der Waals surface area contributed by atoms with Gasteiger partial charge in [-0.05, 0) is 24.3 Å². The summed E-state index contributed by atoms with van der Waals surface area (Å²) >= 11 is 1.65. The fourth-order valence-corrected chi connectivity index (χ4v) is 1.79. The number of carboxylic acids is 1. The lowest BCUT2D eigenvalue weighted by atomic mass is 10.2. The van der Waals surface area contributed by atoms with Gasteiger partial charge in [0.15, 0.2) is 0 Å². The van der Waals surface area contributed by atoms with E-state index in [-0.39, 0.29) is 0 Å². The van der Waals surface area contributed by atoms with Crippen molar-refractivity contribution in [1.82, 2.24) is 5.32 Å². The van der Waals surface area contributed by atoms with Gasteiger partial charge in [0.1, 0.15) is 6.04 Å². The van der Waals surface area contributed by atoms with Crippen molar-refractivity contribution in [1.29, 1.82) is 0 Å². The van der Waals surface area contributed by atoms with E-state index in [4.69, 9.17) is 9.84 Å². The molecule has 0 radical (unpaired) electrons. The van der Waals surface area contributed by atoms with Crippen molar-refractivity contribution in [3.63, 3.8) is 0 Å². The first-order chi connectivity index (χ1) is 8.11. The zero-order valence-electron chi connectivity index (χ0n) is 10.4. The summed E-state index contributed by atoms with van der Waals surface area (Å²) in [5.74, 6) is 0.629. The van der Waals surface area contributed by atoms with Gasteiger partial charge in [-0.3, -0.25) is 0 Å². The second-order valence-corrected chi connectivity index (χ2v) is 4.90. The number of carboxylic acid groups (broad SMARTS) is 1. The van der Waals surface area contributed by atoms with E-state index in [0.29, 0.717) is 18.8 Å².